The minimum Gasteiger partial charge on any atom is -0.481 e. The molecule has 0 aromatic heterocycles. The maximum absolute atomic E-state index is 10.9. The summed E-state index contributed by atoms with van der Waals surface area (Å²) in [6.07, 6.45) is 4.25. The molecule has 0 saturated carbocycles. The van der Waals surface area contributed by atoms with Gasteiger partial charge in [0.15, 0.2) is 0 Å². The Balaban J connectivity index is 4.48. The maximum Gasteiger partial charge on any atom is 0.310 e. The van der Waals surface area contributed by atoms with Gasteiger partial charge in [-0.15, -0.1) is 0 Å². The summed E-state index contributed by atoms with van der Waals surface area (Å²) in [4.78, 5) is 21.4. The molecule has 0 saturated heterocycles. The third kappa shape index (κ3) is 7.55. The van der Waals surface area contributed by atoms with Crippen molar-refractivity contribution in [2.75, 3.05) is 0 Å². The van der Waals surface area contributed by atoms with E-state index in [0.29, 0.717) is 5.92 Å². The van der Waals surface area contributed by atoms with Gasteiger partial charge in [-0.05, 0) is 19.3 Å². The zero-order chi connectivity index (χ0) is 13.4. The molecule has 0 radical (unpaired) electrons. The Labute approximate surface area is 102 Å². The molecule has 2 N–H and O–H groups in total. The van der Waals surface area contributed by atoms with Crippen molar-refractivity contribution in [2.45, 2.75) is 46.5 Å². The molecule has 0 amide bonds. The van der Waals surface area contributed by atoms with Crippen LogP contribution >= 0.6 is 0 Å². The Morgan fingerprint density at radius 3 is 2.24 bits per heavy atom. The standard InChI is InChI=1S/C13H22O4/c1-4-5-9(2)6-10(3)7-11(13(16)17)8-12(14)15/h7,9,11H,4-6,8H2,1-3H3,(H,14,15)(H,16,17). The largest absolute Gasteiger partial charge is 0.481 e. The normalized spacial score (nSPS) is 15.4. The summed E-state index contributed by atoms with van der Waals surface area (Å²) in [5.74, 6) is -2.56. The Bertz CT molecular complexity index is 294. The van der Waals surface area contributed by atoms with Gasteiger partial charge >= 0.3 is 11.9 Å². The highest BCUT2D eigenvalue weighted by atomic mass is 16.4. The number of carbonyl (C=O) groups is 2. The van der Waals surface area contributed by atoms with Crippen LogP contribution in [0.4, 0.5) is 0 Å². The van der Waals surface area contributed by atoms with E-state index in [1.54, 1.807) is 6.08 Å². The van der Waals surface area contributed by atoms with E-state index in [4.69, 9.17) is 10.2 Å². The van der Waals surface area contributed by atoms with E-state index >= 15 is 0 Å². The topological polar surface area (TPSA) is 74.6 Å². The smallest absolute Gasteiger partial charge is 0.310 e. The Morgan fingerprint density at radius 2 is 1.82 bits per heavy atom. The van der Waals surface area contributed by atoms with Gasteiger partial charge in [-0.25, -0.2) is 0 Å². The van der Waals surface area contributed by atoms with Gasteiger partial charge in [0.2, 0.25) is 0 Å². The highest BCUT2D eigenvalue weighted by molar-refractivity contribution is 5.79. The van der Waals surface area contributed by atoms with E-state index in [0.717, 1.165) is 24.8 Å². The van der Waals surface area contributed by atoms with Crippen LogP contribution in [0.25, 0.3) is 0 Å². The van der Waals surface area contributed by atoms with E-state index in [9.17, 15) is 9.59 Å². The predicted molar refractivity (Wildman–Crippen MR) is 65.8 cm³/mol. The van der Waals surface area contributed by atoms with Crippen molar-refractivity contribution >= 4 is 11.9 Å². The van der Waals surface area contributed by atoms with Gasteiger partial charge in [0.1, 0.15) is 0 Å². The molecule has 0 aliphatic rings. The molecule has 0 spiro atoms. The summed E-state index contributed by atoms with van der Waals surface area (Å²) in [6, 6.07) is 0. The molecule has 0 aliphatic heterocycles. The van der Waals surface area contributed by atoms with Crippen LogP contribution in [0, 0.1) is 11.8 Å². The van der Waals surface area contributed by atoms with Crippen molar-refractivity contribution in [1.29, 1.82) is 0 Å². The molecule has 0 aliphatic carbocycles. The molecule has 98 valence electrons. The van der Waals surface area contributed by atoms with Crippen molar-refractivity contribution in [3.8, 4) is 0 Å². The average Bonchev–Trinajstić information content (AvgIpc) is 2.15. The van der Waals surface area contributed by atoms with Crippen molar-refractivity contribution in [1.82, 2.24) is 0 Å². The lowest BCUT2D eigenvalue weighted by molar-refractivity contribution is -0.146. The number of rotatable bonds is 8. The summed E-state index contributed by atoms with van der Waals surface area (Å²) in [5, 5.41) is 17.5. The minimum atomic E-state index is -1.08. The first kappa shape index (κ1) is 15.7. The van der Waals surface area contributed by atoms with Gasteiger partial charge in [0.05, 0.1) is 12.3 Å². The van der Waals surface area contributed by atoms with Crippen molar-refractivity contribution in [3.05, 3.63) is 11.6 Å². The Hall–Kier alpha value is -1.32. The van der Waals surface area contributed by atoms with Crippen LogP contribution in [-0.4, -0.2) is 22.2 Å². The summed E-state index contributed by atoms with van der Waals surface area (Å²) in [5.41, 5.74) is 0.958. The van der Waals surface area contributed by atoms with Crippen LogP contribution in [0.2, 0.25) is 0 Å². The van der Waals surface area contributed by atoms with E-state index in [1.165, 1.54) is 0 Å². The monoisotopic (exact) mass is 242 g/mol. The fourth-order valence-corrected chi connectivity index (χ4v) is 1.96. The van der Waals surface area contributed by atoms with Crippen LogP contribution in [0.1, 0.15) is 46.5 Å². The fourth-order valence-electron chi connectivity index (χ4n) is 1.96. The van der Waals surface area contributed by atoms with E-state index in [2.05, 4.69) is 13.8 Å². The number of allylic oxidation sites excluding steroid dienone is 1. The summed E-state index contributed by atoms with van der Waals surface area (Å²) in [6.45, 7) is 6.10. The molecule has 2 atom stereocenters. The lowest BCUT2D eigenvalue weighted by Crippen LogP contribution is -2.16. The third-order valence-corrected chi connectivity index (χ3v) is 2.65. The summed E-state index contributed by atoms with van der Waals surface area (Å²) in [7, 11) is 0. The predicted octanol–water partition coefficient (Wildman–Crippen LogP) is 2.93. The van der Waals surface area contributed by atoms with E-state index < -0.39 is 17.9 Å². The maximum atomic E-state index is 10.9. The molecule has 17 heavy (non-hydrogen) atoms. The van der Waals surface area contributed by atoms with Gasteiger partial charge in [-0.3, -0.25) is 9.59 Å². The average molecular weight is 242 g/mol. The SMILES string of the molecule is CCCC(C)CC(C)=CC(CC(=O)O)C(=O)O. The van der Waals surface area contributed by atoms with Gasteiger partial charge < -0.3 is 10.2 Å². The molecule has 0 bridgehead atoms. The van der Waals surface area contributed by atoms with E-state index in [1.807, 2.05) is 6.92 Å². The number of carboxylic acid groups (broad SMARTS) is 2. The first-order valence-electron chi connectivity index (χ1n) is 5.98. The third-order valence-electron chi connectivity index (χ3n) is 2.65. The van der Waals surface area contributed by atoms with Crippen molar-refractivity contribution < 1.29 is 19.8 Å². The summed E-state index contributed by atoms with van der Waals surface area (Å²) >= 11 is 0. The van der Waals surface area contributed by atoms with Crippen molar-refractivity contribution in [2.24, 2.45) is 11.8 Å². The molecule has 4 heteroatoms. The van der Waals surface area contributed by atoms with Gasteiger partial charge in [0, 0.05) is 0 Å². The number of hydrogen-bond donors (Lipinski definition) is 2. The van der Waals surface area contributed by atoms with Gasteiger partial charge in [-0.1, -0.05) is 38.3 Å². The van der Waals surface area contributed by atoms with Gasteiger partial charge in [-0.2, -0.15) is 0 Å². The lowest BCUT2D eigenvalue weighted by atomic mass is 9.94. The molecular formula is C13H22O4. The Morgan fingerprint density at radius 1 is 1.24 bits per heavy atom. The zero-order valence-electron chi connectivity index (χ0n) is 10.8. The van der Waals surface area contributed by atoms with Crippen molar-refractivity contribution in [3.63, 3.8) is 0 Å². The second kappa shape index (κ2) is 7.87. The molecule has 0 aromatic carbocycles. The second-order valence-corrected chi connectivity index (χ2v) is 4.65. The molecule has 4 nitrogen and oxygen atoms in total. The first-order valence-corrected chi connectivity index (χ1v) is 5.98. The number of carboxylic acids is 2. The van der Waals surface area contributed by atoms with Crippen LogP contribution in [-0.2, 0) is 9.59 Å². The molecule has 0 aromatic rings. The van der Waals surface area contributed by atoms with Crippen LogP contribution < -0.4 is 0 Å². The second-order valence-electron chi connectivity index (χ2n) is 4.65. The molecule has 2 unspecified atom stereocenters. The molecule has 0 heterocycles. The molecule has 0 fully saturated rings. The van der Waals surface area contributed by atoms with Crippen LogP contribution in [0.5, 0.6) is 0 Å². The zero-order valence-corrected chi connectivity index (χ0v) is 10.8. The molecular weight excluding hydrogens is 220 g/mol. The van der Waals surface area contributed by atoms with E-state index in [-0.39, 0.29) is 6.42 Å². The number of aliphatic carboxylic acids is 2. The molecule has 0 rings (SSSR count). The van der Waals surface area contributed by atoms with Crippen LogP contribution in [0.3, 0.4) is 0 Å². The highest BCUT2D eigenvalue weighted by Crippen LogP contribution is 2.18. The summed E-state index contributed by atoms with van der Waals surface area (Å²) < 4.78 is 0. The first-order chi connectivity index (χ1) is 7.86. The fraction of sp³-hybridized carbons (Fsp3) is 0.692. The van der Waals surface area contributed by atoms with Gasteiger partial charge in [0.25, 0.3) is 0 Å². The lowest BCUT2D eigenvalue weighted by Gasteiger charge is -2.12. The quantitative estimate of drug-likeness (QED) is 0.642. The van der Waals surface area contributed by atoms with Crippen LogP contribution in [0.15, 0.2) is 11.6 Å². The highest BCUT2D eigenvalue weighted by Gasteiger charge is 2.18. The Kier molecular flexibility index (Phi) is 7.26. The number of hydrogen-bond acceptors (Lipinski definition) is 2. The minimum absolute atomic E-state index is 0.352.